The SMILES string of the molecule is NC(=O)c1cccc2c1c1[c]cc(CO)cc1n2Cc1ccccc1I. The second kappa shape index (κ2) is 6.74. The summed E-state index contributed by atoms with van der Waals surface area (Å²) in [7, 11) is 0. The second-order valence-corrected chi connectivity index (χ2v) is 7.33. The lowest BCUT2D eigenvalue weighted by Gasteiger charge is -2.10. The summed E-state index contributed by atoms with van der Waals surface area (Å²) in [6.07, 6.45) is 0. The molecule has 1 amide bonds. The molecule has 0 fully saturated rings. The molecule has 0 aliphatic rings. The Morgan fingerprint density at radius 3 is 2.69 bits per heavy atom. The van der Waals surface area contributed by atoms with Crippen molar-refractivity contribution in [2.24, 2.45) is 5.73 Å². The van der Waals surface area contributed by atoms with E-state index in [2.05, 4.69) is 45.4 Å². The molecule has 1 radical (unpaired) electrons. The molecule has 0 atom stereocenters. The maximum Gasteiger partial charge on any atom is 0.249 e. The minimum atomic E-state index is -0.455. The van der Waals surface area contributed by atoms with Crippen LogP contribution in [0, 0.1) is 9.64 Å². The summed E-state index contributed by atoms with van der Waals surface area (Å²) in [5, 5.41) is 11.2. The molecule has 26 heavy (non-hydrogen) atoms. The van der Waals surface area contributed by atoms with Crippen LogP contribution in [0.15, 0.2) is 54.6 Å². The third-order valence-electron chi connectivity index (χ3n) is 4.59. The zero-order valence-electron chi connectivity index (χ0n) is 13.9. The molecule has 0 saturated heterocycles. The number of benzene rings is 3. The number of aromatic nitrogens is 1. The number of halogens is 1. The molecule has 4 rings (SSSR count). The number of amides is 1. The fourth-order valence-electron chi connectivity index (χ4n) is 3.36. The predicted molar refractivity (Wildman–Crippen MR) is 111 cm³/mol. The molecular formula is C21H16IN2O2. The maximum absolute atomic E-state index is 12.0. The van der Waals surface area contributed by atoms with E-state index in [1.807, 2.05) is 30.3 Å². The molecule has 4 nitrogen and oxygen atoms in total. The third kappa shape index (κ3) is 2.77. The predicted octanol–water partition coefficient (Wildman–Crippen LogP) is 3.84. The van der Waals surface area contributed by atoms with Crippen LogP contribution >= 0.6 is 22.6 Å². The van der Waals surface area contributed by atoms with Gasteiger partial charge in [-0.05, 0) is 70.1 Å². The van der Waals surface area contributed by atoms with Crippen LogP contribution in [0.25, 0.3) is 21.8 Å². The fraction of sp³-hybridized carbons (Fsp3) is 0.0952. The molecule has 5 heteroatoms. The molecule has 0 spiro atoms. The summed E-state index contributed by atoms with van der Waals surface area (Å²) in [5.41, 5.74) is 9.93. The molecule has 0 aliphatic heterocycles. The van der Waals surface area contributed by atoms with Crippen LogP contribution in [0.1, 0.15) is 21.5 Å². The summed E-state index contributed by atoms with van der Waals surface area (Å²) < 4.78 is 3.33. The second-order valence-electron chi connectivity index (χ2n) is 6.17. The fourth-order valence-corrected chi connectivity index (χ4v) is 3.92. The molecule has 3 N–H and O–H groups in total. The van der Waals surface area contributed by atoms with Gasteiger partial charge >= 0.3 is 0 Å². The Kier molecular flexibility index (Phi) is 4.42. The number of nitrogens with zero attached hydrogens (tertiary/aromatic N) is 1. The number of nitrogens with two attached hydrogens (primary N) is 1. The Morgan fingerprint density at radius 2 is 1.96 bits per heavy atom. The monoisotopic (exact) mass is 455 g/mol. The molecule has 0 saturated carbocycles. The van der Waals surface area contributed by atoms with Gasteiger partial charge in [-0.1, -0.05) is 24.3 Å². The standard InChI is InChI=1S/C21H16IN2O2/c22-17-6-2-1-4-14(17)11-24-18-7-3-5-16(21(23)26)20(18)15-9-8-13(12-25)10-19(15)24/h1-8,10,25H,11-12H2,(H2,23,26). The highest BCUT2D eigenvalue weighted by molar-refractivity contribution is 14.1. The van der Waals surface area contributed by atoms with E-state index >= 15 is 0 Å². The van der Waals surface area contributed by atoms with Gasteiger partial charge in [-0.25, -0.2) is 0 Å². The Morgan fingerprint density at radius 1 is 1.15 bits per heavy atom. The summed E-state index contributed by atoms with van der Waals surface area (Å²) in [4.78, 5) is 12.0. The number of primary amides is 1. The zero-order valence-corrected chi connectivity index (χ0v) is 16.0. The summed E-state index contributed by atoms with van der Waals surface area (Å²) in [6.45, 7) is 0.601. The zero-order chi connectivity index (χ0) is 18.3. The quantitative estimate of drug-likeness (QED) is 0.460. The number of hydrogen-bond acceptors (Lipinski definition) is 2. The highest BCUT2D eigenvalue weighted by Gasteiger charge is 2.17. The van der Waals surface area contributed by atoms with Crippen LogP contribution in [-0.2, 0) is 13.2 Å². The van der Waals surface area contributed by atoms with E-state index in [4.69, 9.17) is 5.73 Å². The third-order valence-corrected chi connectivity index (χ3v) is 5.64. The van der Waals surface area contributed by atoms with Gasteiger partial charge in [0.2, 0.25) is 5.91 Å². The highest BCUT2D eigenvalue weighted by Crippen LogP contribution is 2.33. The van der Waals surface area contributed by atoms with Crippen LogP contribution in [-0.4, -0.2) is 15.6 Å². The van der Waals surface area contributed by atoms with Gasteiger partial charge in [-0.2, -0.15) is 0 Å². The molecule has 0 unspecified atom stereocenters. The van der Waals surface area contributed by atoms with Crippen molar-refractivity contribution in [1.29, 1.82) is 0 Å². The van der Waals surface area contributed by atoms with E-state index in [1.54, 1.807) is 12.1 Å². The minimum Gasteiger partial charge on any atom is -0.392 e. The van der Waals surface area contributed by atoms with Crippen molar-refractivity contribution in [2.75, 3.05) is 0 Å². The van der Waals surface area contributed by atoms with Crippen LogP contribution in [0.5, 0.6) is 0 Å². The van der Waals surface area contributed by atoms with Gasteiger partial charge in [0, 0.05) is 26.5 Å². The lowest BCUT2D eigenvalue weighted by Crippen LogP contribution is -2.11. The Hall–Kier alpha value is -2.38. The number of fused-ring (bicyclic) bond motifs is 3. The van der Waals surface area contributed by atoms with Crippen LogP contribution < -0.4 is 5.73 Å². The molecule has 1 aromatic heterocycles. The number of rotatable bonds is 4. The molecule has 4 aromatic rings. The van der Waals surface area contributed by atoms with Gasteiger partial charge < -0.3 is 15.4 Å². The Balaban J connectivity index is 2.07. The van der Waals surface area contributed by atoms with E-state index in [0.29, 0.717) is 12.1 Å². The van der Waals surface area contributed by atoms with Crippen molar-refractivity contribution < 1.29 is 9.90 Å². The molecule has 1 heterocycles. The number of carbonyl (C=O) groups is 1. The normalized spacial score (nSPS) is 11.3. The average Bonchev–Trinajstić information content (AvgIpc) is 2.96. The van der Waals surface area contributed by atoms with Crippen molar-refractivity contribution in [3.8, 4) is 0 Å². The average molecular weight is 455 g/mol. The first kappa shape index (κ1) is 17.1. The van der Waals surface area contributed by atoms with E-state index < -0.39 is 5.91 Å². The smallest absolute Gasteiger partial charge is 0.249 e. The van der Waals surface area contributed by atoms with E-state index in [-0.39, 0.29) is 6.61 Å². The Bertz CT molecular complexity index is 1150. The van der Waals surface area contributed by atoms with Crippen LogP contribution in [0.4, 0.5) is 0 Å². The lowest BCUT2D eigenvalue weighted by molar-refractivity contribution is 0.100. The van der Waals surface area contributed by atoms with Crippen LogP contribution in [0.2, 0.25) is 0 Å². The van der Waals surface area contributed by atoms with Gasteiger partial charge in [0.25, 0.3) is 0 Å². The highest BCUT2D eigenvalue weighted by atomic mass is 127. The van der Waals surface area contributed by atoms with Crippen molar-refractivity contribution in [2.45, 2.75) is 13.2 Å². The van der Waals surface area contributed by atoms with Crippen molar-refractivity contribution >= 4 is 50.3 Å². The topological polar surface area (TPSA) is 68.2 Å². The molecular weight excluding hydrogens is 439 g/mol. The summed E-state index contributed by atoms with van der Waals surface area (Å²) >= 11 is 2.33. The largest absolute Gasteiger partial charge is 0.392 e. The van der Waals surface area contributed by atoms with Crippen molar-refractivity contribution in [1.82, 2.24) is 4.57 Å². The van der Waals surface area contributed by atoms with Gasteiger partial charge in [0.05, 0.1) is 17.6 Å². The lowest BCUT2D eigenvalue weighted by atomic mass is 10.0. The van der Waals surface area contributed by atoms with E-state index in [9.17, 15) is 9.90 Å². The van der Waals surface area contributed by atoms with Crippen molar-refractivity contribution in [3.05, 3.63) is 80.9 Å². The molecule has 0 aliphatic carbocycles. The van der Waals surface area contributed by atoms with Gasteiger partial charge in [-0.15, -0.1) is 0 Å². The number of aliphatic hydroxyl groups excluding tert-OH is 1. The van der Waals surface area contributed by atoms with Gasteiger partial charge in [-0.3, -0.25) is 4.79 Å². The maximum atomic E-state index is 12.0. The summed E-state index contributed by atoms with van der Waals surface area (Å²) in [5.74, 6) is -0.455. The van der Waals surface area contributed by atoms with Gasteiger partial charge in [0.1, 0.15) is 0 Å². The summed E-state index contributed by atoms with van der Waals surface area (Å²) in [6, 6.07) is 20.7. The van der Waals surface area contributed by atoms with Crippen LogP contribution in [0.3, 0.4) is 0 Å². The molecule has 3 aromatic carbocycles. The number of aliphatic hydroxyl groups is 1. The number of hydrogen-bond donors (Lipinski definition) is 2. The van der Waals surface area contributed by atoms with Crippen molar-refractivity contribution in [3.63, 3.8) is 0 Å². The minimum absolute atomic E-state index is 0.0560. The van der Waals surface area contributed by atoms with E-state index in [0.717, 1.165) is 27.4 Å². The van der Waals surface area contributed by atoms with Gasteiger partial charge in [0.15, 0.2) is 0 Å². The Labute approximate surface area is 164 Å². The number of carbonyl (C=O) groups excluding carboxylic acids is 1. The first-order valence-corrected chi connectivity index (χ1v) is 9.27. The molecule has 0 bridgehead atoms. The molecule has 129 valence electrons. The first-order valence-electron chi connectivity index (χ1n) is 8.19. The first-order chi connectivity index (χ1) is 12.6. The van der Waals surface area contributed by atoms with E-state index in [1.165, 1.54) is 9.13 Å².